The van der Waals surface area contributed by atoms with E-state index >= 15 is 0 Å². The van der Waals surface area contributed by atoms with Crippen LogP contribution in [-0.2, 0) is 13.1 Å². The molecule has 7 aromatic carbocycles. The predicted molar refractivity (Wildman–Crippen MR) is 197 cm³/mol. The van der Waals surface area contributed by atoms with Gasteiger partial charge >= 0.3 is 0 Å². The molecule has 2 aromatic heterocycles. The summed E-state index contributed by atoms with van der Waals surface area (Å²) in [4.78, 5) is 0. The van der Waals surface area contributed by atoms with Gasteiger partial charge in [0.1, 0.15) is 0 Å². The van der Waals surface area contributed by atoms with E-state index in [1.807, 2.05) is 12.1 Å². The fourth-order valence-corrected chi connectivity index (χ4v) is 8.10. The Morgan fingerprint density at radius 1 is 0.457 bits per heavy atom. The molecule has 3 heteroatoms. The van der Waals surface area contributed by atoms with Crippen molar-refractivity contribution in [1.82, 2.24) is 9.13 Å². The molecule has 1 radical (unpaired) electrons. The van der Waals surface area contributed by atoms with Crippen molar-refractivity contribution in [2.24, 2.45) is 0 Å². The molecule has 221 valence electrons. The van der Waals surface area contributed by atoms with Crippen LogP contribution in [0, 0.1) is 5.92 Å². The lowest BCUT2D eigenvalue weighted by Gasteiger charge is -2.23. The molecular weight excluding hydrogens is 580 g/mol. The largest absolute Gasteiger partial charge is 0.340 e. The first-order valence-electron chi connectivity index (χ1n) is 16.2. The summed E-state index contributed by atoms with van der Waals surface area (Å²) in [5.74, 6) is 1.22. The Balaban J connectivity index is 1.47. The topological polar surface area (TPSA) is 9.86 Å². The van der Waals surface area contributed by atoms with Gasteiger partial charge in [0.15, 0.2) is 0 Å². The number of aryl methyl sites for hydroxylation is 2. The van der Waals surface area contributed by atoms with Crippen molar-refractivity contribution in [3.63, 3.8) is 0 Å². The standard InChI is InChI=1S/C43H32ClN2/c1-3-45-39-19-11-9-15-31(39)37-25-35(29-13-5-7-17-33(29)42(37)45)41(27-21-23-28(44)24-22-27)36-26-38-32-16-10-12-20-40(32)46(4-2)43(38)34-18-8-6-14-30(34)36/h5-26H,3-4H2,1-2H3. The molecule has 0 unspecified atom stereocenters. The first-order chi connectivity index (χ1) is 22.7. The van der Waals surface area contributed by atoms with Gasteiger partial charge in [-0.25, -0.2) is 0 Å². The number of para-hydroxylation sites is 2. The van der Waals surface area contributed by atoms with Gasteiger partial charge < -0.3 is 9.13 Å². The van der Waals surface area contributed by atoms with Gasteiger partial charge in [-0.2, -0.15) is 0 Å². The molecular formula is C43H32ClN2. The van der Waals surface area contributed by atoms with E-state index in [1.54, 1.807) is 0 Å². The summed E-state index contributed by atoms with van der Waals surface area (Å²) in [5.41, 5.74) is 8.75. The van der Waals surface area contributed by atoms with Gasteiger partial charge in [-0.15, -0.1) is 0 Å². The molecule has 0 saturated heterocycles. The van der Waals surface area contributed by atoms with Crippen molar-refractivity contribution in [3.8, 4) is 0 Å². The van der Waals surface area contributed by atoms with Crippen LogP contribution in [-0.4, -0.2) is 9.13 Å². The maximum atomic E-state index is 6.51. The summed E-state index contributed by atoms with van der Waals surface area (Å²) in [7, 11) is 0. The van der Waals surface area contributed by atoms with Gasteiger partial charge in [0, 0.05) is 61.5 Å². The lowest BCUT2D eigenvalue weighted by Crippen LogP contribution is -2.07. The highest BCUT2D eigenvalue weighted by atomic mass is 35.5. The van der Waals surface area contributed by atoms with Gasteiger partial charge in [-0.3, -0.25) is 0 Å². The maximum absolute atomic E-state index is 6.51. The average molecular weight is 612 g/mol. The van der Waals surface area contributed by atoms with Crippen LogP contribution in [0.2, 0.25) is 5.02 Å². The number of nitrogens with zero attached hydrogens (tertiary/aromatic N) is 2. The Labute approximate surface area is 273 Å². The van der Waals surface area contributed by atoms with Crippen molar-refractivity contribution in [2.75, 3.05) is 0 Å². The fourth-order valence-electron chi connectivity index (χ4n) is 7.97. The number of hydrogen-bond donors (Lipinski definition) is 0. The molecule has 9 rings (SSSR count). The van der Waals surface area contributed by atoms with E-state index in [1.165, 1.54) is 82.2 Å². The van der Waals surface area contributed by atoms with Crippen LogP contribution < -0.4 is 0 Å². The third-order valence-corrected chi connectivity index (χ3v) is 10.1. The van der Waals surface area contributed by atoms with Crippen molar-refractivity contribution in [3.05, 3.63) is 161 Å². The number of fused-ring (bicyclic) bond motifs is 10. The first-order valence-corrected chi connectivity index (χ1v) is 16.5. The molecule has 0 aliphatic rings. The lowest BCUT2D eigenvalue weighted by molar-refractivity contribution is 0.829. The summed E-state index contributed by atoms with van der Waals surface area (Å²) < 4.78 is 4.94. The van der Waals surface area contributed by atoms with Crippen LogP contribution >= 0.6 is 11.6 Å². The maximum Gasteiger partial charge on any atom is 0.0642 e. The molecule has 46 heavy (non-hydrogen) atoms. The van der Waals surface area contributed by atoms with Crippen molar-refractivity contribution >= 4 is 76.8 Å². The number of halogens is 1. The monoisotopic (exact) mass is 611 g/mol. The minimum Gasteiger partial charge on any atom is -0.340 e. The van der Waals surface area contributed by atoms with E-state index in [9.17, 15) is 0 Å². The Hall–Kier alpha value is -5.05. The SMILES string of the molecule is CCn1c2ccccc2c2cc([C](c3ccc(Cl)cc3)c3cc4c5ccccc5n(CC)c4c4ccccc34)c3ccccc3c21. The summed E-state index contributed by atoms with van der Waals surface area (Å²) in [6.45, 7) is 6.30. The zero-order chi connectivity index (χ0) is 30.9. The number of benzene rings is 7. The van der Waals surface area contributed by atoms with Gasteiger partial charge in [-0.1, -0.05) is 109 Å². The van der Waals surface area contributed by atoms with Gasteiger partial charge in [0.2, 0.25) is 0 Å². The second-order valence-corrected chi connectivity index (χ2v) is 12.6. The zero-order valence-corrected chi connectivity index (χ0v) is 26.6. The van der Waals surface area contributed by atoms with Crippen molar-refractivity contribution in [2.45, 2.75) is 26.9 Å². The Bertz CT molecular complexity index is 2460. The van der Waals surface area contributed by atoms with E-state index in [0.29, 0.717) is 0 Å². The normalized spacial score (nSPS) is 12.2. The Kier molecular flexibility index (Phi) is 6.23. The highest BCUT2D eigenvalue weighted by Crippen LogP contribution is 2.46. The minimum atomic E-state index is 0.737. The molecule has 2 nitrogen and oxygen atoms in total. The highest BCUT2D eigenvalue weighted by Gasteiger charge is 2.27. The third kappa shape index (κ3) is 3.83. The number of aromatic nitrogens is 2. The Morgan fingerprint density at radius 3 is 1.28 bits per heavy atom. The fraction of sp³-hybridized carbons (Fsp3) is 0.0930. The molecule has 0 amide bonds. The molecule has 0 spiro atoms. The second kappa shape index (κ2) is 10.5. The highest BCUT2D eigenvalue weighted by molar-refractivity contribution is 6.30. The predicted octanol–water partition coefficient (Wildman–Crippen LogP) is 11.9. The molecule has 0 saturated carbocycles. The van der Waals surface area contributed by atoms with E-state index in [4.69, 9.17) is 11.6 Å². The lowest BCUT2D eigenvalue weighted by atomic mass is 9.79. The summed E-state index contributed by atoms with van der Waals surface area (Å²) >= 11 is 6.51. The minimum absolute atomic E-state index is 0.737. The molecule has 0 bridgehead atoms. The van der Waals surface area contributed by atoms with Crippen LogP contribution in [0.15, 0.2) is 133 Å². The quantitative estimate of drug-likeness (QED) is 0.171. The third-order valence-electron chi connectivity index (χ3n) is 9.85. The zero-order valence-electron chi connectivity index (χ0n) is 25.9. The van der Waals surface area contributed by atoms with Gasteiger partial charge in [-0.05, 0) is 77.7 Å². The molecule has 9 aromatic rings. The summed E-state index contributed by atoms with van der Waals surface area (Å²) in [6.07, 6.45) is 0. The molecule has 2 heterocycles. The van der Waals surface area contributed by atoms with Crippen LogP contribution in [0.3, 0.4) is 0 Å². The molecule has 0 atom stereocenters. The summed E-state index contributed by atoms with van der Waals surface area (Å²) in [6, 6.07) is 48.8. The van der Waals surface area contributed by atoms with Gasteiger partial charge in [0.05, 0.1) is 17.0 Å². The van der Waals surface area contributed by atoms with Crippen LogP contribution in [0.1, 0.15) is 30.5 Å². The number of hydrogen-bond acceptors (Lipinski definition) is 0. The first kappa shape index (κ1) is 27.3. The van der Waals surface area contributed by atoms with Gasteiger partial charge in [0.25, 0.3) is 0 Å². The molecule has 0 fully saturated rings. The molecule has 0 aliphatic heterocycles. The average Bonchev–Trinajstić information content (AvgIpc) is 3.61. The van der Waals surface area contributed by atoms with Crippen LogP contribution in [0.5, 0.6) is 0 Å². The van der Waals surface area contributed by atoms with E-state index < -0.39 is 0 Å². The smallest absolute Gasteiger partial charge is 0.0642 e. The van der Waals surface area contributed by atoms with Crippen LogP contribution in [0.25, 0.3) is 65.2 Å². The van der Waals surface area contributed by atoms with Crippen LogP contribution in [0.4, 0.5) is 0 Å². The van der Waals surface area contributed by atoms with E-state index in [0.717, 1.165) is 23.7 Å². The van der Waals surface area contributed by atoms with E-state index in [-0.39, 0.29) is 0 Å². The van der Waals surface area contributed by atoms with Crippen molar-refractivity contribution < 1.29 is 0 Å². The molecule has 0 aliphatic carbocycles. The molecule has 0 N–H and O–H groups in total. The number of rotatable bonds is 5. The second-order valence-electron chi connectivity index (χ2n) is 12.1. The summed E-state index contributed by atoms with van der Waals surface area (Å²) in [5, 5.41) is 10.9. The Morgan fingerprint density at radius 2 is 0.848 bits per heavy atom. The van der Waals surface area contributed by atoms with Crippen molar-refractivity contribution in [1.29, 1.82) is 0 Å². The van der Waals surface area contributed by atoms with E-state index in [2.05, 4.69) is 144 Å².